The minimum absolute atomic E-state index is 0.365. The molecule has 2 aromatic carbocycles. The maximum atomic E-state index is 13.6. The quantitative estimate of drug-likeness (QED) is 0.759. The molecular formula is C19H18F2N2O4. The van der Waals surface area contributed by atoms with Gasteiger partial charge in [-0.3, -0.25) is 9.59 Å². The zero-order chi connectivity index (χ0) is 20.0. The average Bonchev–Trinajstić information content (AvgIpc) is 2.65. The molecule has 142 valence electrons. The summed E-state index contributed by atoms with van der Waals surface area (Å²) in [7, 11) is 0. The van der Waals surface area contributed by atoms with Crippen molar-refractivity contribution < 1.29 is 27.9 Å². The number of benzene rings is 2. The van der Waals surface area contributed by atoms with Gasteiger partial charge in [0, 0.05) is 11.6 Å². The van der Waals surface area contributed by atoms with Gasteiger partial charge in [-0.2, -0.15) is 0 Å². The summed E-state index contributed by atoms with van der Waals surface area (Å²) in [6.45, 7) is 2.68. The van der Waals surface area contributed by atoms with Gasteiger partial charge in [-0.05, 0) is 38.1 Å². The summed E-state index contributed by atoms with van der Waals surface area (Å²) in [6, 6.07) is 9.83. The summed E-state index contributed by atoms with van der Waals surface area (Å²) in [6.07, 6.45) is -1.28. The predicted octanol–water partition coefficient (Wildman–Crippen LogP) is 2.65. The van der Waals surface area contributed by atoms with Gasteiger partial charge in [0.25, 0.3) is 11.8 Å². The zero-order valence-corrected chi connectivity index (χ0v) is 14.7. The molecular weight excluding hydrogens is 358 g/mol. The van der Waals surface area contributed by atoms with E-state index in [1.54, 1.807) is 30.3 Å². The van der Waals surface area contributed by atoms with Crippen LogP contribution in [0.2, 0.25) is 0 Å². The lowest BCUT2D eigenvalue weighted by Crippen LogP contribution is -2.42. The molecule has 27 heavy (non-hydrogen) atoms. The fourth-order valence-corrected chi connectivity index (χ4v) is 2.09. The average molecular weight is 376 g/mol. The third-order valence-corrected chi connectivity index (χ3v) is 3.59. The number of rotatable bonds is 6. The summed E-state index contributed by atoms with van der Waals surface area (Å²) >= 11 is 0. The van der Waals surface area contributed by atoms with Crippen LogP contribution in [-0.4, -0.2) is 29.9 Å². The van der Waals surface area contributed by atoms with E-state index in [1.807, 2.05) is 0 Å². The molecule has 2 rings (SSSR count). The Bertz CT molecular complexity index is 843. The number of carbonyl (C=O) groups excluding carboxylic acids is 3. The van der Waals surface area contributed by atoms with E-state index in [2.05, 4.69) is 10.6 Å². The molecule has 1 unspecified atom stereocenters. The highest BCUT2D eigenvalue weighted by atomic mass is 19.1. The van der Waals surface area contributed by atoms with Crippen molar-refractivity contribution in [2.45, 2.75) is 26.0 Å². The molecule has 2 N–H and O–H groups in total. The fourth-order valence-electron chi connectivity index (χ4n) is 2.09. The van der Waals surface area contributed by atoms with Crippen LogP contribution in [0.25, 0.3) is 0 Å². The van der Waals surface area contributed by atoms with Crippen LogP contribution in [0.15, 0.2) is 48.5 Å². The minimum atomic E-state index is -1.28. The highest BCUT2D eigenvalue weighted by molar-refractivity contribution is 5.98. The van der Waals surface area contributed by atoms with Crippen molar-refractivity contribution in [3.63, 3.8) is 0 Å². The molecule has 0 saturated carbocycles. The number of hydrogen-bond acceptors (Lipinski definition) is 4. The molecule has 0 spiro atoms. The van der Waals surface area contributed by atoms with Crippen LogP contribution in [0.1, 0.15) is 24.2 Å². The first kappa shape index (κ1) is 20.0. The fraction of sp³-hybridized carbons (Fsp3) is 0.211. The number of ether oxygens (including phenoxy) is 1. The van der Waals surface area contributed by atoms with Gasteiger partial charge in [0.2, 0.25) is 0 Å². The van der Waals surface area contributed by atoms with Gasteiger partial charge >= 0.3 is 5.97 Å². The van der Waals surface area contributed by atoms with Crippen molar-refractivity contribution in [2.75, 3.05) is 5.32 Å². The Labute approximate surface area is 154 Å². The zero-order valence-electron chi connectivity index (χ0n) is 14.7. The second-order valence-electron chi connectivity index (χ2n) is 5.75. The van der Waals surface area contributed by atoms with Crippen LogP contribution in [0.3, 0.4) is 0 Å². The van der Waals surface area contributed by atoms with Crippen molar-refractivity contribution in [1.82, 2.24) is 5.32 Å². The summed E-state index contributed by atoms with van der Waals surface area (Å²) < 4.78 is 31.7. The Morgan fingerprint density at radius 1 is 1.00 bits per heavy atom. The van der Waals surface area contributed by atoms with Crippen molar-refractivity contribution in [3.8, 4) is 0 Å². The lowest BCUT2D eigenvalue weighted by Gasteiger charge is -2.17. The molecule has 0 aliphatic rings. The number of halogens is 2. The molecule has 0 heterocycles. The SMILES string of the molecule is CC(OC(=O)[C@H](C)NC(=O)c1ccccc1)C(=O)Nc1cc(F)ccc1F. The van der Waals surface area contributed by atoms with E-state index >= 15 is 0 Å². The summed E-state index contributed by atoms with van der Waals surface area (Å²) in [5.74, 6) is -3.71. The number of esters is 1. The van der Waals surface area contributed by atoms with Crippen LogP contribution < -0.4 is 10.6 Å². The Hall–Kier alpha value is -3.29. The molecule has 8 heteroatoms. The lowest BCUT2D eigenvalue weighted by molar-refractivity contribution is -0.154. The Balaban J connectivity index is 1.91. The van der Waals surface area contributed by atoms with Crippen LogP contribution >= 0.6 is 0 Å². The van der Waals surface area contributed by atoms with Gasteiger partial charge < -0.3 is 15.4 Å². The van der Waals surface area contributed by atoms with Crippen LogP contribution in [-0.2, 0) is 14.3 Å². The lowest BCUT2D eigenvalue weighted by atomic mass is 10.2. The largest absolute Gasteiger partial charge is 0.451 e. The molecule has 0 saturated heterocycles. The molecule has 0 aromatic heterocycles. The first-order valence-corrected chi connectivity index (χ1v) is 8.10. The first-order valence-electron chi connectivity index (χ1n) is 8.10. The van der Waals surface area contributed by atoms with E-state index in [1.165, 1.54) is 13.8 Å². The highest BCUT2D eigenvalue weighted by Crippen LogP contribution is 2.16. The van der Waals surface area contributed by atoms with Gasteiger partial charge in [0.05, 0.1) is 5.69 Å². The monoisotopic (exact) mass is 376 g/mol. The molecule has 0 aliphatic heterocycles. The Kier molecular flexibility index (Phi) is 6.59. The second-order valence-corrected chi connectivity index (χ2v) is 5.75. The normalized spacial score (nSPS) is 12.6. The Morgan fingerprint density at radius 2 is 1.67 bits per heavy atom. The summed E-state index contributed by atoms with van der Waals surface area (Å²) in [5.41, 5.74) is -0.00199. The Morgan fingerprint density at radius 3 is 2.33 bits per heavy atom. The van der Waals surface area contributed by atoms with Crippen molar-refractivity contribution in [1.29, 1.82) is 0 Å². The van der Waals surface area contributed by atoms with E-state index in [9.17, 15) is 23.2 Å². The number of amides is 2. The van der Waals surface area contributed by atoms with Crippen LogP contribution in [0.4, 0.5) is 14.5 Å². The third-order valence-electron chi connectivity index (χ3n) is 3.59. The van der Waals surface area contributed by atoms with Gasteiger partial charge in [-0.1, -0.05) is 18.2 Å². The van der Waals surface area contributed by atoms with Crippen molar-refractivity contribution in [3.05, 3.63) is 65.7 Å². The molecule has 0 bridgehead atoms. The van der Waals surface area contributed by atoms with Crippen LogP contribution in [0.5, 0.6) is 0 Å². The molecule has 0 fully saturated rings. The molecule has 0 aliphatic carbocycles. The molecule has 0 radical (unpaired) electrons. The van der Waals surface area contributed by atoms with Gasteiger partial charge in [-0.15, -0.1) is 0 Å². The number of nitrogens with one attached hydrogen (secondary N) is 2. The maximum absolute atomic E-state index is 13.6. The van der Waals surface area contributed by atoms with Gasteiger partial charge in [0.1, 0.15) is 17.7 Å². The van der Waals surface area contributed by atoms with E-state index in [0.717, 1.165) is 18.2 Å². The summed E-state index contributed by atoms with van der Waals surface area (Å²) in [5, 5.41) is 4.59. The van der Waals surface area contributed by atoms with E-state index in [0.29, 0.717) is 5.56 Å². The highest BCUT2D eigenvalue weighted by Gasteiger charge is 2.24. The predicted molar refractivity (Wildman–Crippen MR) is 93.9 cm³/mol. The first-order chi connectivity index (χ1) is 12.8. The van der Waals surface area contributed by atoms with E-state index in [-0.39, 0.29) is 5.69 Å². The molecule has 2 aromatic rings. The molecule has 6 nitrogen and oxygen atoms in total. The minimum Gasteiger partial charge on any atom is -0.451 e. The topological polar surface area (TPSA) is 84.5 Å². The number of hydrogen-bond donors (Lipinski definition) is 2. The number of carbonyl (C=O) groups is 3. The molecule has 2 atom stereocenters. The summed E-state index contributed by atoms with van der Waals surface area (Å²) in [4.78, 5) is 36.1. The van der Waals surface area contributed by atoms with E-state index in [4.69, 9.17) is 4.74 Å². The smallest absolute Gasteiger partial charge is 0.329 e. The second kappa shape index (κ2) is 8.88. The van der Waals surface area contributed by atoms with Crippen LogP contribution in [0, 0.1) is 11.6 Å². The van der Waals surface area contributed by atoms with E-state index < -0.39 is 41.6 Å². The van der Waals surface area contributed by atoms with Gasteiger partial charge in [0.15, 0.2) is 6.10 Å². The maximum Gasteiger partial charge on any atom is 0.329 e. The van der Waals surface area contributed by atoms with Gasteiger partial charge in [-0.25, -0.2) is 13.6 Å². The van der Waals surface area contributed by atoms with Crippen molar-refractivity contribution >= 4 is 23.5 Å². The van der Waals surface area contributed by atoms with Crippen molar-refractivity contribution in [2.24, 2.45) is 0 Å². The number of anilines is 1. The standard InChI is InChI=1S/C19H18F2N2O4/c1-11(22-18(25)13-6-4-3-5-7-13)19(26)27-12(2)17(24)23-16-10-14(20)8-9-15(16)21/h3-12H,1-2H3,(H,22,25)(H,23,24)/t11-,12?/m0/s1. The third kappa shape index (κ3) is 5.60. The molecule has 2 amide bonds.